The molecule has 2 aromatic rings. The van der Waals surface area contributed by atoms with Crippen molar-refractivity contribution in [2.45, 2.75) is 25.3 Å². The quantitative estimate of drug-likeness (QED) is 0.828. The van der Waals surface area contributed by atoms with E-state index in [1.807, 2.05) is 42.5 Å². The van der Waals surface area contributed by atoms with Crippen molar-refractivity contribution in [3.8, 4) is 0 Å². The second-order valence-corrected chi connectivity index (χ2v) is 5.91. The number of benzene rings is 2. The maximum atomic E-state index is 9.91. The molecular formula is C17H20BrNO. The van der Waals surface area contributed by atoms with E-state index >= 15 is 0 Å². The molecule has 0 bridgehead atoms. The van der Waals surface area contributed by atoms with E-state index < -0.39 is 0 Å². The van der Waals surface area contributed by atoms with Gasteiger partial charge in [-0.05, 0) is 46.5 Å². The van der Waals surface area contributed by atoms with Crippen molar-refractivity contribution in [3.05, 3.63) is 64.6 Å². The van der Waals surface area contributed by atoms with Crippen molar-refractivity contribution in [2.75, 3.05) is 11.9 Å². The monoisotopic (exact) mass is 333 g/mol. The Hall–Kier alpha value is -1.32. The largest absolute Gasteiger partial charge is 0.394 e. The molecule has 20 heavy (non-hydrogen) atoms. The lowest BCUT2D eigenvalue weighted by atomic mass is 9.88. The van der Waals surface area contributed by atoms with Crippen LogP contribution in [0.5, 0.6) is 0 Å². The first kappa shape index (κ1) is 15.1. The van der Waals surface area contributed by atoms with E-state index in [9.17, 15) is 5.11 Å². The molecule has 0 amide bonds. The fraction of sp³-hybridized carbons (Fsp3) is 0.294. The van der Waals surface area contributed by atoms with E-state index in [1.54, 1.807) is 0 Å². The third-order valence-electron chi connectivity index (χ3n) is 3.64. The number of halogens is 1. The van der Waals surface area contributed by atoms with E-state index in [2.05, 4.69) is 40.3 Å². The molecule has 0 aliphatic heterocycles. The number of hydrogen-bond acceptors (Lipinski definition) is 2. The SMILES string of the molecule is CCC(CO)(Cc1ccccc1)Nc1ccccc1Br. The average molecular weight is 334 g/mol. The van der Waals surface area contributed by atoms with Crippen LogP contribution in [0, 0.1) is 0 Å². The van der Waals surface area contributed by atoms with Gasteiger partial charge >= 0.3 is 0 Å². The van der Waals surface area contributed by atoms with Crippen LogP contribution in [0.3, 0.4) is 0 Å². The lowest BCUT2D eigenvalue weighted by Crippen LogP contribution is -2.43. The minimum absolute atomic E-state index is 0.0970. The lowest BCUT2D eigenvalue weighted by Gasteiger charge is -2.34. The molecule has 0 radical (unpaired) electrons. The summed E-state index contributed by atoms with van der Waals surface area (Å²) >= 11 is 3.55. The van der Waals surface area contributed by atoms with Crippen molar-refractivity contribution in [2.24, 2.45) is 0 Å². The molecule has 0 aromatic heterocycles. The zero-order valence-electron chi connectivity index (χ0n) is 11.6. The van der Waals surface area contributed by atoms with Gasteiger partial charge in [-0.1, -0.05) is 49.4 Å². The topological polar surface area (TPSA) is 32.3 Å². The molecule has 1 atom stereocenters. The van der Waals surface area contributed by atoms with Crippen LogP contribution in [0.15, 0.2) is 59.1 Å². The van der Waals surface area contributed by atoms with Crippen LogP contribution >= 0.6 is 15.9 Å². The third kappa shape index (κ3) is 3.62. The van der Waals surface area contributed by atoms with Gasteiger partial charge in [0.1, 0.15) is 0 Å². The van der Waals surface area contributed by atoms with Gasteiger partial charge in [0.25, 0.3) is 0 Å². The Labute approximate surface area is 129 Å². The van der Waals surface area contributed by atoms with Crippen LogP contribution in [0.1, 0.15) is 18.9 Å². The van der Waals surface area contributed by atoms with Crippen LogP contribution in [-0.4, -0.2) is 17.3 Å². The second-order valence-electron chi connectivity index (χ2n) is 5.06. The highest BCUT2D eigenvalue weighted by Gasteiger charge is 2.28. The Morgan fingerprint density at radius 3 is 2.30 bits per heavy atom. The van der Waals surface area contributed by atoms with Gasteiger partial charge < -0.3 is 10.4 Å². The first-order chi connectivity index (χ1) is 9.69. The van der Waals surface area contributed by atoms with Gasteiger partial charge in [-0.25, -0.2) is 0 Å². The van der Waals surface area contributed by atoms with Crippen molar-refractivity contribution in [1.29, 1.82) is 0 Å². The summed E-state index contributed by atoms with van der Waals surface area (Å²) in [4.78, 5) is 0. The van der Waals surface area contributed by atoms with Gasteiger partial charge in [0.2, 0.25) is 0 Å². The smallest absolute Gasteiger partial charge is 0.0664 e. The summed E-state index contributed by atoms with van der Waals surface area (Å²) in [6.07, 6.45) is 1.64. The molecule has 2 nitrogen and oxygen atoms in total. The molecule has 2 rings (SSSR count). The summed E-state index contributed by atoms with van der Waals surface area (Å²) in [5.41, 5.74) is 1.90. The van der Waals surface area contributed by atoms with Gasteiger partial charge in [-0.3, -0.25) is 0 Å². The Morgan fingerprint density at radius 2 is 1.70 bits per heavy atom. The number of para-hydroxylation sites is 1. The Bertz CT molecular complexity index is 538. The zero-order chi connectivity index (χ0) is 14.4. The van der Waals surface area contributed by atoms with Gasteiger partial charge in [0.15, 0.2) is 0 Å². The van der Waals surface area contributed by atoms with E-state index in [4.69, 9.17) is 0 Å². The lowest BCUT2D eigenvalue weighted by molar-refractivity contribution is 0.205. The predicted octanol–water partition coefficient (Wildman–Crippen LogP) is 4.24. The standard InChI is InChI=1S/C17H20BrNO/c1-2-17(13-20,12-14-8-4-3-5-9-14)19-16-11-7-6-10-15(16)18/h3-11,19-20H,2,12-13H2,1H3. The van der Waals surface area contributed by atoms with Crippen LogP contribution < -0.4 is 5.32 Å². The molecule has 3 heteroatoms. The van der Waals surface area contributed by atoms with E-state index in [0.717, 1.165) is 23.0 Å². The minimum Gasteiger partial charge on any atom is -0.394 e. The second kappa shape index (κ2) is 6.91. The van der Waals surface area contributed by atoms with Crippen molar-refractivity contribution in [3.63, 3.8) is 0 Å². The summed E-state index contributed by atoms with van der Waals surface area (Å²) < 4.78 is 1.01. The van der Waals surface area contributed by atoms with Gasteiger partial charge in [0, 0.05) is 10.2 Å². The summed E-state index contributed by atoms with van der Waals surface area (Å²) in [6.45, 7) is 2.20. The molecule has 2 aromatic carbocycles. The molecule has 0 saturated heterocycles. The van der Waals surface area contributed by atoms with Crippen molar-refractivity contribution in [1.82, 2.24) is 0 Å². The first-order valence-corrected chi connectivity index (χ1v) is 7.66. The summed E-state index contributed by atoms with van der Waals surface area (Å²) in [5, 5.41) is 13.4. The maximum absolute atomic E-state index is 9.91. The molecule has 0 aliphatic carbocycles. The van der Waals surface area contributed by atoms with Crippen LogP contribution in [0.25, 0.3) is 0 Å². The van der Waals surface area contributed by atoms with E-state index in [1.165, 1.54) is 5.56 Å². The van der Waals surface area contributed by atoms with Crippen LogP contribution in [0.2, 0.25) is 0 Å². The predicted molar refractivity (Wildman–Crippen MR) is 88.0 cm³/mol. The van der Waals surface area contributed by atoms with Crippen molar-refractivity contribution < 1.29 is 5.11 Å². The minimum atomic E-state index is -0.342. The molecule has 0 fully saturated rings. The molecule has 1 unspecified atom stereocenters. The normalized spacial score (nSPS) is 13.8. The molecular weight excluding hydrogens is 314 g/mol. The molecule has 0 aliphatic rings. The molecule has 2 N–H and O–H groups in total. The molecule has 0 saturated carbocycles. The third-order valence-corrected chi connectivity index (χ3v) is 4.33. The number of hydrogen-bond donors (Lipinski definition) is 2. The maximum Gasteiger partial charge on any atom is 0.0664 e. The fourth-order valence-corrected chi connectivity index (χ4v) is 2.68. The van der Waals surface area contributed by atoms with Crippen LogP contribution in [-0.2, 0) is 6.42 Å². The van der Waals surface area contributed by atoms with E-state index in [-0.39, 0.29) is 12.1 Å². The highest BCUT2D eigenvalue weighted by atomic mass is 79.9. The Kier molecular flexibility index (Phi) is 5.21. The molecule has 0 heterocycles. The number of rotatable bonds is 6. The van der Waals surface area contributed by atoms with Gasteiger partial charge in [-0.2, -0.15) is 0 Å². The highest BCUT2D eigenvalue weighted by Crippen LogP contribution is 2.28. The van der Waals surface area contributed by atoms with E-state index in [0.29, 0.717) is 0 Å². The van der Waals surface area contributed by atoms with Crippen LogP contribution in [0.4, 0.5) is 5.69 Å². The highest BCUT2D eigenvalue weighted by molar-refractivity contribution is 9.10. The van der Waals surface area contributed by atoms with Crippen molar-refractivity contribution >= 4 is 21.6 Å². The number of anilines is 1. The summed E-state index contributed by atoms with van der Waals surface area (Å²) in [7, 11) is 0. The molecule has 106 valence electrons. The number of aliphatic hydroxyl groups is 1. The first-order valence-electron chi connectivity index (χ1n) is 6.86. The zero-order valence-corrected chi connectivity index (χ0v) is 13.2. The fourth-order valence-electron chi connectivity index (χ4n) is 2.30. The summed E-state index contributed by atoms with van der Waals surface area (Å²) in [5.74, 6) is 0. The Morgan fingerprint density at radius 1 is 1.05 bits per heavy atom. The van der Waals surface area contributed by atoms with Gasteiger partial charge in [0.05, 0.1) is 12.1 Å². The Balaban J connectivity index is 2.23. The number of nitrogens with one attached hydrogen (secondary N) is 1. The number of aliphatic hydroxyl groups excluding tert-OH is 1. The average Bonchev–Trinajstić information content (AvgIpc) is 2.50. The molecule has 0 spiro atoms. The van der Waals surface area contributed by atoms with Gasteiger partial charge in [-0.15, -0.1) is 0 Å². The summed E-state index contributed by atoms with van der Waals surface area (Å²) in [6, 6.07) is 18.3.